The summed E-state index contributed by atoms with van der Waals surface area (Å²) in [5, 5.41) is 37.4. The van der Waals surface area contributed by atoms with Gasteiger partial charge < -0.3 is 20.8 Å². The number of fused-ring (bicyclic) bond motifs is 1. The number of para-hydroxylation sites is 1. The number of nitriles is 1. The molecule has 0 radical (unpaired) electrons. The maximum Gasteiger partial charge on any atom is 0.273 e. The number of aliphatic hydroxyl groups excluding tert-OH is 2. The van der Waals surface area contributed by atoms with Crippen molar-refractivity contribution < 1.29 is 24.2 Å². The zero-order valence-electron chi connectivity index (χ0n) is 19.7. The van der Waals surface area contributed by atoms with E-state index in [4.69, 9.17) is 5.26 Å². The van der Waals surface area contributed by atoms with Crippen LogP contribution in [0.5, 0.6) is 0 Å². The number of hydrogen-bond donors (Lipinski definition) is 4. The molecule has 1 atom stereocenters. The van der Waals surface area contributed by atoms with E-state index in [2.05, 4.69) is 15.7 Å². The number of aromatic nitrogens is 2. The molecule has 9 nitrogen and oxygen atoms in total. The Bertz CT molecular complexity index is 1250. The van der Waals surface area contributed by atoms with Crippen molar-refractivity contribution in [3.63, 3.8) is 0 Å². The molecule has 1 heterocycles. The molecule has 3 rings (SSSR count). The van der Waals surface area contributed by atoms with Gasteiger partial charge in [-0.25, -0.2) is 4.39 Å². The van der Waals surface area contributed by atoms with Crippen LogP contribution in [0.25, 0.3) is 10.9 Å². The fourth-order valence-corrected chi connectivity index (χ4v) is 3.64. The average molecular weight is 482 g/mol. The van der Waals surface area contributed by atoms with Crippen LogP contribution in [0.1, 0.15) is 42.4 Å². The first-order valence-electron chi connectivity index (χ1n) is 11.1. The number of carbonyl (C=O) groups is 2. The number of amides is 2. The van der Waals surface area contributed by atoms with Gasteiger partial charge in [-0.3, -0.25) is 14.3 Å². The van der Waals surface area contributed by atoms with Gasteiger partial charge in [0.1, 0.15) is 17.4 Å². The van der Waals surface area contributed by atoms with Crippen LogP contribution in [-0.2, 0) is 11.3 Å². The van der Waals surface area contributed by atoms with E-state index < -0.39 is 48.3 Å². The summed E-state index contributed by atoms with van der Waals surface area (Å²) in [7, 11) is 0. The van der Waals surface area contributed by atoms with Crippen LogP contribution in [0.4, 0.5) is 4.39 Å². The molecule has 2 aromatic carbocycles. The van der Waals surface area contributed by atoms with Crippen LogP contribution in [0, 0.1) is 22.6 Å². The molecule has 0 saturated carbocycles. The largest absolute Gasteiger partial charge is 0.394 e. The van der Waals surface area contributed by atoms with Crippen LogP contribution >= 0.6 is 0 Å². The van der Waals surface area contributed by atoms with Crippen molar-refractivity contribution in [1.29, 1.82) is 5.26 Å². The SMILES string of the molecule is CC(C)(C)C(NC(=O)c1nn(Cc2ccc(C#N)cc2)c2c(F)cccc12)C(=O)NC(CO)CO. The highest BCUT2D eigenvalue weighted by Gasteiger charge is 2.35. The maximum atomic E-state index is 14.8. The van der Waals surface area contributed by atoms with Crippen LogP contribution in [0.15, 0.2) is 42.5 Å². The molecule has 1 unspecified atom stereocenters. The van der Waals surface area contributed by atoms with Crippen LogP contribution < -0.4 is 10.6 Å². The molecule has 35 heavy (non-hydrogen) atoms. The number of carbonyl (C=O) groups excluding carboxylic acids is 2. The number of aliphatic hydroxyl groups is 2. The lowest BCUT2D eigenvalue weighted by Gasteiger charge is -2.31. The van der Waals surface area contributed by atoms with Crippen LogP contribution in [0.2, 0.25) is 0 Å². The van der Waals surface area contributed by atoms with E-state index in [0.29, 0.717) is 5.56 Å². The minimum atomic E-state index is -1.03. The molecule has 0 aliphatic heterocycles. The highest BCUT2D eigenvalue weighted by molar-refractivity contribution is 6.06. The summed E-state index contributed by atoms with van der Waals surface area (Å²) >= 11 is 0. The molecule has 0 fully saturated rings. The highest BCUT2D eigenvalue weighted by atomic mass is 19.1. The van der Waals surface area contributed by atoms with Crippen LogP contribution in [-0.4, -0.2) is 57.1 Å². The van der Waals surface area contributed by atoms with Crippen molar-refractivity contribution >= 4 is 22.7 Å². The Balaban J connectivity index is 1.95. The van der Waals surface area contributed by atoms with E-state index in [1.165, 1.54) is 16.8 Å². The van der Waals surface area contributed by atoms with Gasteiger partial charge in [-0.05, 0) is 29.2 Å². The van der Waals surface area contributed by atoms with Crippen molar-refractivity contribution in [3.05, 3.63) is 65.1 Å². The van der Waals surface area contributed by atoms with Gasteiger partial charge in [-0.2, -0.15) is 10.4 Å². The van der Waals surface area contributed by atoms with Gasteiger partial charge >= 0.3 is 0 Å². The molecule has 3 aromatic rings. The minimum Gasteiger partial charge on any atom is -0.394 e. The first-order valence-corrected chi connectivity index (χ1v) is 11.1. The van der Waals surface area contributed by atoms with Crippen LogP contribution in [0.3, 0.4) is 0 Å². The van der Waals surface area contributed by atoms with E-state index in [9.17, 15) is 24.2 Å². The quantitative estimate of drug-likeness (QED) is 0.386. The van der Waals surface area contributed by atoms with E-state index in [0.717, 1.165) is 5.56 Å². The number of benzene rings is 2. The molecule has 2 amide bonds. The Morgan fingerprint density at radius 1 is 1.11 bits per heavy atom. The van der Waals surface area contributed by atoms with Gasteiger partial charge in [0.25, 0.3) is 5.91 Å². The summed E-state index contributed by atoms with van der Waals surface area (Å²) in [5.74, 6) is -1.80. The van der Waals surface area contributed by atoms with E-state index in [1.807, 2.05) is 6.07 Å². The Kier molecular flexibility index (Phi) is 7.84. The summed E-state index contributed by atoms with van der Waals surface area (Å²) in [6, 6.07) is 11.2. The topological polar surface area (TPSA) is 140 Å². The van der Waals surface area contributed by atoms with Crippen molar-refractivity contribution in [3.8, 4) is 6.07 Å². The summed E-state index contributed by atoms with van der Waals surface area (Å²) in [5.41, 5.74) is 0.618. The summed E-state index contributed by atoms with van der Waals surface area (Å²) in [6.45, 7) is 4.50. The van der Waals surface area contributed by atoms with Gasteiger partial charge in [-0.15, -0.1) is 0 Å². The number of hydrogen-bond acceptors (Lipinski definition) is 6. The minimum absolute atomic E-state index is 0.0453. The lowest BCUT2D eigenvalue weighted by Crippen LogP contribution is -2.56. The average Bonchev–Trinajstić information content (AvgIpc) is 3.20. The molecule has 0 spiro atoms. The first-order chi connectivity index (χ1) is 16.6. The van der Waals surface area contributed by atoms with E-state index in [-0.39, 0.29) is 23.1 Å². The predicted molar refractivity (Wildman–Crippen MR) is 127 cm³/mol. The van der Waals surface area contributed by atoms with Crippen molar-refractivity contribution in [2.45, 2.75) is 39.4 Å². The molecule has 0 aliphatic rings. The molecule has 0 saturated heterocycles. The molecule has 4 N–H and O–H groups in total. The van der Waals surface area contributed by atoms with Gasteiger partial charge in [0.2, 0.25) is 5.91 Å². The summed E-state index contributed by atoms with van der Waals surface area (Å²) in [6.07, 6.45) is 0. The third-order valence-electron chi connectivity index (χ3n) is 5.54. The fraction of sp³-hybridized carbons (Fsp3) is 0.360. The zero-order valence-corrected chi connectivity index (χ0v) is 19.7. The molecule has 1 aromatic heterocycles. The first kappa shape index (κ1) is 25.8. The molecule has 184 valence electrons. The Hall–Kier alpha value is -3.81. The van der Waals surface area contributed by atoms with Gasteiger partial charge in [0.15, 0.2) is 5.69 Å². The Morgan fingerprint density at radius 2 is 1.77 bits per heavy atom. The van der Waals surface area contributed by atoms with E-state index in [1.54, 1.807) is 51.1 Å². The number of halogens is 1. The van der Waals surface area contributed by atoms with Crippen molar-refractivity contribution in [1.82, 2.24) is 20.4 Å². The second-order valence-electron chi connectivity index (χ2n) is 9.29. The standard InChI is InChI=1S/C25H28FN5O4/c1-25(2,3)22(24(35)28-17(13-32)14-33)29-23(34)20-18-5-4-6-19(26)21(18)31(30-20)12-16-9-7-15(11-27)8-10-16/h4-10,17,22,32-33H,12-14H2,1-3H3,(H,28,35)(H,29,34). The second-order valence-corrected chi connectivity index (χ2v) is 9.29. The molecule has 10 heteroatoms. The zero-order chi connectivity index (χ0) is 25.8. The Morgan fingerprint density at radius 3 is 2.34 bits per heavy atom. The van der Waals surface area contributed by atoms with Crippen molar-refractivity contribution in [2.24, 2.45) is 5.41 Å². The highest BCUT2D eigenvalue weighted by Crippen LogP contribution is 2.25. The smallest absolute Gasteiger partial charge is 0.273 e. The predicted octanol–water partition coefficient (Wildman–Crippen LogP) is 1.71. The second kappa shape index (κ2) is 10.6. The number of rotatable bonds is 8. The maximum absolute atomic E-state index is 14.8. The molecule has 0 bridgehead atoms. The molecular formula is C25H28FN5O4. The number of nitrogens with zero attached hydrogens (tertiary/aromatic N) is 3. The molecule has 0 aliphatic carbocycles. The van der Waals surface area contributed by atoms with Gasteiger partial charge in [0.05, 0.1) is 37.4 Å². The lowest BCUT2D eigenvalue weighted by atomic mass is 9.85. The normalized spacial score (nSPS) is 12.4. The summed E-state index contributed by atoms with van der Waals surface area (Å²) in [4.78, 5) is 26.1. The third-order valence-corrected chi connectivity index (χ3v) is 5.54. The Labute approximate surface area is 202 Å². The van der Waals surface area contributed by atoms with Gasteiger partial charge in [0, 0.05) is 5.39 Å². The third kappa shape index (κ3) is 5.82. The fourth-order valence-electron chi connectivity index (χ4n) is 3.64. The van der Waals surface area contributed by atoms with E-state index >= 15 is 0 Å². The van der Waals surface area contributed by atoms with Gasteiger partial charge in [-0.1, -0.05) is 45.0 Å². The summed E-state index contributed by atoms with van der Waals surface area (Å²) < 4.78 is 16.2. The number of nitrogens with one attached hydrogen (secondary N) is 2. The van der Waals surface area contributed by atoms with Crippen molar-refractivity contribution in [2.75, 3.05) is 13.2 Å². The lowest BCUT2D eigenvalue weighted by molar-refractivity contribution is -0.126. The monoisotopic (exact) mass is 481 g/mol. The molecular weight excluding hydrogens is 453 g/mol.